The number of fused-ring (bicyclic) bond motifs is 1. The summed E-state index contributed by atoms with van der Waals surface area (Å²) >= 11 is 0. The molecule has 0 aliphatic rings. The first-order valence-corrected chi connectivity index (χ1v) is 12.7. The molecule has 0 N–H and O–H groups in total. The van der Waals surface area contributed by atoms with Crippen molar-refractivity contribution in [3.05, 3.63) is 106 Å². The van der Waals surface area contributed by atoms with Crippen LogP contribution >= 0.6 is 0 Å². The van der Waals surface area contributed by atoms with Crippen molar-refractivity contribution in [2.24, 2.45) is 0 Å². The molecule has 42 heavy (non-hydrogen) atoms. The van der Waals surface area contributed by atoms with E-state index in [1.807, 2.05) is 0 Å². The SMILES string of the molecule is COc1cc2nccc(Oc3ccc(CC(=O)c4c(OC)c(C)cn(-c5ccc(F)cc5)c4=O)cc3F)c2nc1OC. The van der Waals surface area contributed by atoms with Gasteiger partial charge in [0.1, 0.15) is 22.6 Å². The van der Waals surface area contributed by atoms with Crippen LogP contribution in [0.1, 0.15) is 21.5 Å². The number of carbonyl (C=O) groups is 1. The first-order chi connectivity index (χ1) is 20.2. The zero-order chi connectivity index (χ0) is 30.0. The van der Waals surface area contributed by atoms with Crippen LogP contribution in [0.5, 0.6) is 28.9 Å². The van der Waals surface area contributed by atoms with Gasteiger partial charge in [-0.1, -0.05) is 6.07 Å². The van der Waals surface area contributed by atoms with Crippen LogP contribution in [0.15, 0.2) is 71.8 Å². The van der Waals surface area contributed by atoms with Gasteiger partial charge in [-0.2, -0.15) is 0 Å². The third kappa shape index (κ3) is 5.36. The molecule has 0 spiro atoms. The lowest BCUT2D eigenvalue weighted by molar-refractivity contribution is 0.0988. The monoisotopic (exact) mass is 573 g/mol. The lowest BCUT2D eigenvalue weighted by atomic mass is 10.0. The van der Waals surface area contributed by atoms with Crippen molar-refractivity contribution in [1.82, 2.24) is 14.5 Å². The van der Waals surface area contributed by atoms with E-state index < -0.39 is 23.0 Å². The third-order valence-corrected chi connectivity index (χ3v) is 6.53. The molecule has 0 fully saturated rings. The van der Waals surface area contributed by atoms with Crippen molar-refractivity contribution in [1.29, 1.82) is 0 Å². The highest BCUT2D eigenvalue weighted by atomic mass is 19.1. The van der Waals surface area contributed by atoms with E-state index >= 15 is 4.39 Å². The molecule has 0 unspecified atom stereocenters. The van der Waals surface area contributed by atoms with E-state index in [1.54, 1.807) is 13.0 Å². The number of ketones is 1. The molecule has 0 aliphatic carbocycles. The molecule has 0 aliphatic heterocycles. The van der Waals surface area contributed by atoms with Gasteiger partial charge in [0.05, 0.1) is 26.8 Å². The van der Waals surface area contributed by atoms with Crippen LogP contribution in [0.25, 0.3) is 16.7 Å². The van der Waals surface area contributed by atoms with E-state index in [4.69, 9.17) is 18.9 Å². The van der Waals surface area contributed by atoms with Crippen molar-refractivity contribution in [2.45, 2.75) is 13.3 Å². The Morgan fingerprint density at radius 2 is 1.67 bits per heavy atom. The number of methoxy groups -OCH3 is 3. The summed E-state index contributed by atoms with van der Waals surface area (Å²) in [6.07, 6.45) is 2.72. The van der Waals surface area contributed by atoms with Crippen LogP contribution < -0.4 is 24.5 Å². The van der Waals surface area contributed by atoms with E-state index in [0.717, 1.165) is 6.07 Å². The van der Waals surface area contributed by atoms with Gasteiger partial charge in [0.25, 0.3) is 11.4 Å². The summed E-state index contributed by atoms with van der Waals surface area (Å²) in [6, 6.07) is 12.5. The van der Waals surface area contributed by atoms with Crippen molar-refractivity contribution >= 4 is 16.8 Å². The fraction of sp³-hybridized carbons (Fsp3) is 0.161. The summed E-state index contributed by atoms with van der Waals surface area (Å²) in [7, 11) is 4.28. The van der Waals surface area contributed by atoms with Crippen LogP contribution in [0.4, 0.5) is 8.78 Å². The minimum atomic E-state index is -0.731. The molecule has 5 rings (SSSR count). The Balaban J connectivity index is 1.44. The number of ether oxygens (including phenoxy) is 4. The van der Waals surface area contributed by atoms with Gasteiger partial charge >= 0.3 is 0 Å². The zero-order valence-corrected chi connectivity index (χ0v) is 23.1. The van der Waals surface area contributed by atoms with Crippen molar-refractivity contribution < 1.29 is 32.5 Å². The highest BCUT2D eigenvalue weighted by molar-refractivity contribution is 6.00. The number of carbonyl (C=O) groups excluding carboxylic acids is 1. The maximum absolute atomic E-state index is 15.2. The number of nitrogens with zero attached hydrogens (tertiary/aromatic N) is 3. The first kappa shape index (κ1) is 28.2. The summed E-state index contributed by atoms with van der Waals surface area (Å²) in [4.78, 5) is 35.4. The van der Waals surface area contributed by atoms with Crippen molar-refractivity contribution in [3.63, 3.8) is 0 Å². The molecule has 5 aromatic rings. The molecular formula is C31H25F2N3O6. The Bertz CT molecular complexity index is 1870. The van der Waals surface area contributed by atoms with Crippen LogP contribution in [0.3, 0.4) is 0 Å². The summed E-state index contributed by atoms with van der Waals surface area (Å²) < 4.78 is 51.6. The Hall–Kier alpha value is -5.32. The lowest BCUT2D eigenvalue weighted by Crippen LogP contribution is -2.27. The van der Waals surface area contributed by atoms with E-state index in [0.29, 0.717) is 33.6 Å². The van der Waals surface area contributed by atoms with E-state index in [1.165, 1.54) is 80.8 Å². The first-order valence-electron chi connectivity index (χ1n) is 12.7. The third-order valence-electron chi connectivity index (χ3n) is 6.53. The molecule has 0 amide bonds. The highest BCUT2D eigenvalue weighted by Crippen LogP contribution is 2.35. The molecule has 214 valence electrons. The largest absolute Gasteiger partial charge is 0.495 e. The second-order valence-electron chi connectivity index (χ2n) is 9.22. The lowest BCUT2D eigenvalue weighted by Gasteiger charge is -2.15. The van der Waals surface area contributed by atoms with Crippen molar-refractivity contribution in [2.75, 3.05) is 21.3 Å². The van der Waals surface area contributed by atoms with Crippen LogP contribution in [-0.2, 0) is 6.42 Å². The van der Waals surface area contributed by atoms with Crippen LogP contribution in [-0.4, -0.2) is 41.6 Å². The molecule has 9 nitrogen and oxygen atoms in total. The Morgan fingerprint density at radius 1 is 0.905 bits per heavy atom. The van der Waals surface area contributed by atoms with Gasteiger partial charge in [-0.15, -0.1) is 0 Å². The molecule has 11 heteroatoms. The Morgan fingerprint density at radius 3 is 2.33 bits per heavy atom. The van der Waals surface area contributed by atoms with Gasteiger partial charge in [-0.05, 0) is 48.9 Å². The number of halogens is 2. The molecule has 0 bridgehead atoms. The van der Waals surface area contributed by atoms with E-state index in [-0.39, 0.29) is 35.1 Å². The van der Waals surface area contributed by atoms with Crippen molar-refractivity contribution in [3.8, 4) is 34.6 Å². The average molecular weight is 574 g/mol. The fourth-order valence-corrected chi connectivity index (χ4v) is 4.54. The number of hydrogen-bond acceptors (Lipinski definition) is 8. The van der Waals surface area contributed by atoms with Crippen LogP contribution in [0.2, 0.25) is 0 Å². The minimum Gasteiger partial charge on any atom is -0.495 e. The number of aryl methyl sites for hydroxylation is 1. The maximum atomic E-state index is 15.2. The average Bonchev–Trinajstić information content (AvgIpc) is 2.99. The molecule has 0 saturated heterocycles. The molecule has 2 aromatic carbocycles. The molecule has 3 aromatic heterocycles. The molecule has 3 heterocycles. The summed E-state index contributed by atoms with van der Waals surface area (Å²) in [5.41, 5.74) is 1.16. The summed E-state index contributed by atoms with van der Waals surface area (Å²) in [5.74, 6) is -0.937. The highest BCUT2D eigenvalue weighted by Gasteiger charge is 2.23. The number of rotatable bonds is 9. The van der Waals surface area contributed by atoms with E-state index in [9.17, 15) is 14.0 Å². The quantitative estimate of drug-likeness (QED) is 0.210. The topological polar surface area (TPSA) is 102 Å². The maximum Gasteiger partial charge on any atom is 0.269 e. The molecule has 0 saturated carbocycles. The number of pyridine rings is 3. The normalized spacial score (nSPS) is 10.9. The van der Waals surface area contributed by atoms with E-state index in [2.05, 4.69) is 9.97 Å². The van der Waals surface area contributed by atoms with Gasteiger partial charge < -0.3 is 18.9 Å². The number of hydrogen-bond donors (Lipinski definition) is 0. The summed E-state index contributed by atoms with van der Waals surface area (Å²) in [5, 5.41) is 0. The number of benzene rings is 2. The molecular weight excluding hydrogens is 548 g/mol. The summed E-state index contributed by atoms with van der Waals surface area (Å²) in [6.45, 7) is 1.68. The predicted molar refractivity (Wildman–Crippen MR) is 150 cm³/mol. The standard InChI is InChI=1S/C31H25F2N3O6/c1-17-16-36(20-8-6-19(32)7-9-20)31(38)27(29(17)40-3)23(37)14-18-5-10-24(21(33)13-18)42-25-11-12-34-22-15-26(39-2)30(41-4)35-28(22)25/h5-13,15-16H,14H2,1-4H3. The predicted octanol–water partition coefficient (Wildman–Crippen LogP) is 5.61. The second kappa shape index (κ2) is 11.7. The number of aromatic nitrogens is 3. The second-order valence-corrected chi connectivity index (χ2v) is 9.22. The minimum absolute atomic E-state index is 0.109. The van der Waals surface area contributed by atoms with Gasteiger partial charge in [-0.25, -0.2) is 13.8 Å². The van der Waals surface area contributed by atoms with Crippen LogP contribution in [0, 0.1) is 18.6 Å². The zero-order valence-electron chi connectivity index (χ0n) is 23.1. The smallest absolute Gasteiger partial charge is 0.269 e. The Kier molecular flexibility index (Phi) is 7.83. The van der Waals surface area contributed by atoms with Gasteiger partial charge in [-0.3, -0.25) is 19.1 Å². The van der Waals surface area contributed by atoms with Gasteiger partial charge in [0.2, 0.25) is 0 Å². The fourth-order valence-electron chi connectivity index (χ4n) is 4.54. The molecule has 0 atom stereocenters. The van der Waals surface area contributed by atoms with Gasteiger partial charge in [0.15, 0.2) is 28.8 Å². The number of Topliss-reactive ketones (excluding diaryl/α,β-unsaturated/α-hetero) is 1. The van der Waals surface area contributed by atoms with Gasteiger partial charge in [0, 0.05) is 42.2 Å². The Labute approximate surface area is 238 Å². The molecule has 0 radical (unpaired) electrons.